The second kappa shape index (κ2) is 8.25. The third-order valence-electron chi connectivity index (χ3n) is 4.06. The smallest absolute Gasteiger partial charge is 0.412 e. The maximum absolute atomic E-state index is 12.1. The lowest BCUT2D eigenvalue weighted by atomic mass is 10.0. The summed E-state index contributed by atoms with van der Waals surface area (Å²) in [5.41, 5.74) is 0.408. The average molecular weight is 400 g/mol. The summed E-state index contributed by atoms with van der Waals surface area (Å²) in [7, 11) is 0. The number of anilines is 2. The molecular weight excluding hydrogens is 384 g/mol. The fraction of sp³-hybridized carbons (Fsp3) is 0.167. The van der Waals surface area contributed by atoms with Crippen LogP contribution >= 0.6 is 0 Å². The number of hydrogen-bond donors (Lipinski definition) is 4. The molecule has 0 saturated heterocycles. The molecule has 0 fully saturated rings. The number of non-ortho nitro benzene ring substituents is 1. The quantitative estimate of drug-likeness (QED) is 0.423. The van der Waals surface area contributed by atoms with Gasteiger partial charge in [0.2, 0.25) is 5.91 Å². The lowest BCUT2D eigenvalue weighted by Crippen LogP contribution is -2.41. The molecule has 4 N–H and O–H groups in total. The Morgan fingerprint density at radius 2 is 1.97 bits per heavy atom. The fourth-order valence-corrected chi connectivity index (χ4v) is 2.78. The molecule has 11 heteroatoms. The number of ether oxygens (including phenoxy) is 1. The molecule has 1 aliphatic heterocycles. The van der Waals surface area contributed by atoms with Gasteiger partial charge in [-0.1, -0.05) is 18.2 Å². The van der Waals surface area contributed by atoms with Crippen molar-refractivity contribution >= 4 is 35.0 Å². The lowest BCUT2D eigenvalue weighted by Gasteiger charge is -2.27. The molecule has 29 heavy (non-hydrogen) atoms. The van der Waals surface area contributed by atoms with Crippen molar-refractivity contribution in [1.82, 2.24) is 5.32 Å². The Morgan fingerprint density at radius 3 is 2.62 bits per heavy atom. The summed E-state index contributed by atoms with van der Waals surface area (Å²) in [6.07, 6.45) is -1.26. The van der Waals surface area contributed by atoms with E-state index in [9.17, 15) is 24.5 Å². The number of aliphatic carboxylic acids is 1. The van der Waals surface area contributed by atoms with E-state index in [1.165, 1.54) is 6.07 Å². The first-order valence-corrected chi connectivity index (χ1v) is 8.44. The number of nitro groups is 1. The zero-order valence-electron chi connectivity index (χ0n) is 14.9. The summed E-state index contributed by atoms with van der Waals surface area (Å²) in [6, 6.07) is 9.63. The Kier molecular flexibility index (Phi) is 5.58. The zero-order valence-corrected chi connectivity index (χ0v) is 14.9. The van der Waals surface area contributed by atoms with E-state index in [2.05, 4.69) is 16.0 Å². The number of benzene rings is 2. The molecule has 3 rings (SSSR count). The summed E-state index contributed by atoms with van der Waals surface area (Å²) in [6.45, 7) is -0.154. The number of nitro benzene ring substituents is 1. The molecule has 1 unspecified atom stereocenters. The highest BCUT2D eigenvalue weighted by molar-refractivity contribution is 6.05. The number of para-hydroxylation sites is 1. The van der Waals surface area contributed by atoms with Crippen molar-refractivity contribution in [3.63, 3.8) is 0 Å². The maximum Gasteiger partial charge on any atom is 0.412 e. The topological polar surface area (TPSA) is 160 Å². The minimum Gasteiger partial charge on any atom is -0.481 e. The second-order valence-electron chi connectivity index (χ2n) is 6.12. The van der Waals surface area contributed by atoms with Crippen molar-refractivity contribution in [3.8, 4) is 5.75 Å². The fourth-order valence-electron chi connectivity index (χ4n) is 2.78. The van der Waals surface area contributed by atoms with E-state index in [1.807, 2.05) is 0 Å². The van der Waals surface area contributed by atoms with Crippen molar-refractivity contribution in [3.05, 3.63) is 58.1 Å². The van der Waals surface area contributed by atoms with Gasteiger partial charge in [-0.05, 0) is 12.1 Å². The van der Waals surface area contributed by atoms with E-state index in [4.69, 9.17) is 9.84 Å². The van der Waals surface area contributed by atoms with Crippen LogP contribution < -0.4 is 20.7 Å². The normalized spacial score (nSPS) is 14.8. The van der Waals surface area contributed by atoms with Crippen LogP contribution in [0, 0.1) is 10.1 Å². The van der Waals surface area contributed by atoms with E-state index in [1.54, 1.807) is 30.3 Å². The number of rotatable bonds is 6. The predicted octanol–water partition coefficient (Wildman–Crippen LogP) is 2.09. The molecule has 0 bridgehead atoms. The van der Waals surface area contributed by atoms with Gasteiger partial charge in [-0.2, -0.15) is 0 Å². The molecule has 2 amide bonds. The van der Waals surface area contributed by atoms with Crippen LogP contribution in [0.15, 0.2) is 42.5 Å². The van der Waals surface area contributed by atoms with Gasteiger partial charge < -0.3 is 25.8 Å². The highest BCUT2D eigenvalue weighted by atomic mass is 16.6. The molecule has 1 atom stereocenters. The zero-order chi connectivity index (χ0) is 21.0. The Hall–Kier alpha value is -4.15. The highest BCUT2D eigenvalue weighted by Gasteiger charge is 2.30. The van der Waals surface area contributed by atoms with Gasteiger partial charge in [-0.3, -0.25) is 19.7 Å². The van der Waals surface area contributed by atoms with Crippen molar-refractivity contribution in [2.24, 2.45) is 0 Å². The van der Waals surface area contributed by atoms with Crippen molar-refractivity contribution in [2.45, 2.75) is 19.0 Å². The standard InChI is InChI=1S/C18H16N4O7/c23-15(24)8-14-17(25)21-13-7-11(22(27)28)6-10(16(13)20-14)9-19-18(26)29-12-4-2-1-3-5-12/h1-7,14,20H,8-9H2,(H,19,26)(H,21,25)(H,23,24). The van der Waals surface area contributed by atoms with Gasteiger partial charge in [-0.25, -0.2) is 4.79 Å². The van der Waals surface area contributed by atoms with E-state index in [0.717, 1.165) is 6.07 Å². The Morgan fingerprint density at radius 1 is 1.24 bits per heavy atom. The summed E-state index contributed by atoms with van der Waals surface area (Å²) in [4.78, 5) is 45.6. The molecule has 1 aliphatic rings. The predicted molar refractivity (Wildman–Crippen MR) is 101 cm³/mol. The SMILES string of the molecule is O=C(O)CC1Nc2c(CNC(=O)Oc3ccccc3)cc([N+](=O)[O-])cc2NC1=O. The van der Waals surface area contributed by atoms with Crippen LogP contribution in [-0.4, -0.2) is 34.0 Å². The van der Waals surface area contributed by atoms with Gasteiger partial charge in [0.05, 0.1) is 22.7 Å². The molecule has 0 saturated carbocycles. The molecule has 2 aromatic carbocycles. The Labute approximate surface area is 163 Å². The van der Waals surface area contributed by atoms with Crippen LogP contribution in [0.25, 0.3) is 0 Å². The molecular formula is C18H16N4O7. The van der Waals surface area contributed by atoms with Gasteiger partial charge in [-0.15, -0.1) is 0 Å². The van der Waals surface area contributed by atoms with Gasteiger partial charge in [0, 0.05) is 24.2 Å². The number of amides is 2. The minimum atomic E-state index is -1.19. The largest absolute Gasteiger partial charge is 0.481 e. The van der Waals surface area contributed by atoms with Crippen molar-refractivity contribution in [1.29, 1.82) is 0 Å². The monoisotopic (exact) mass is 400 g/mol. The molecule has 150 valence electrons. The highest BCUT2D eigenvalue weighted by Crippen LogP contribution is 2.35. The average Bonchev–Trinajstić information content (AvgIpc) is 2.67. The number of carboxylic acids is 1. The number of carboxylic acid groups (broad SMARTS) is 1. The number of nitrogens with one attached hydrogen (secondary N) is 3. The summed E-state index contributed by atoms with van der Waals surface area (Å²) < 4.78 is 5.10. The number of fused-ring (bicyclic) bond motifs is 1. The summed E-state index contributed by atoms with van der Waals surface area (Å²) in [5.74, 6) is -1.49. The first-order valence-electron chi connectivity index (χ1n) is 8.44. The summed E-state index contributed by atoms with van der Waals surface area (Å²) in [5, 5.41) is 27.9. The summed E-state index contributed by atoms with van der Waals surface area (Å²) >= 11 is 0. The third kappa shape index (κ3) is 4.77. The molecule has 0 aromatic heterocycles. The van der Waals surface area contributed by atoms with Gasteiger partial charge in [0.15, 0.2) is 0 Å². The lowest BCUT2D eigenvalue weighted by molar-refractivity contribution is -0.384. The molecule has 2 aromatic rings. The first-order chi connectivity index (χ1) is 13.8. The molecule has 0 aliphatic carbocycles. The van der Waals surface area contributed by atoms with Crippen LogP contribution in [0.2, 0.25) is 0 Å². The molecule has 0 spiro atoms. The Balaban J connectivity index is 1.81. The molecule has 11 nitrogen and oxygen atoms in total. The number of nitrogens with zero attached hydrogens (tertiary/aromatic N) is 1. The van der Waals surface area contributed by atoms with Gasteiger partial charge in [0.25, 0.3) is 5.69 Å². The second-order valence-corrected chi connectivity index (χ2v) is 6.12. The van der Waals surface area contributed by atoms with Crippen molar-refractivity contribution < 1.29 is 29.2 Å². The van der Waals surface area contributed by atoms with Crippen LogP contribution in [0.5, 0.6) is 5.75 Å². The first kappa shape index (κ1) is 19.6. The molecule has 0 radical (unpaired) electrons. The van der Waals surface area contributed by atoms with E-state index >= 15 is 0 Å². The number of carbonyl (C=O) groups excluding carboxylic acids is 2. The minimum absolute atomic E-state index is 0.124. The Bertz CT molecular complexity index is 978. The van der Waals surface area contributed by atoms with Crippen LogP contribution in [0.1, 0.15) is 12.0 Å². The van der Waals surface area contributed by atoms with Gasteiger partial charge >= 0.3 is 12.1 Å². The van der Waals surface area contributed by atoms with E-state index < -0.39 is 35.4 Å². The van der Waals surface area contributed by atoms with E-state index in [0.29, 0.717) is 11.4 Å². The van der Waals surface area contributed by atoms with Crippen LogP contribution in [0.4, 0.5) is 21.9 Å². The third-order valence-corrected chi connectivity index (χ3v) is 4.06. The van der Waals surface area contributed by atoms with Crippen LogP contribution in [0.3, 0.4) is 0 Å². The number of hydrogen-bond acceptors (Lipinski definition) is 7. The maximum atomic E-state index is 12.1. The van der Waals surface area contributed by atoms with Gasteiger partial charge in [0.1, 0.15) is 11.8 Å². The van der Waals surface area contributed by atoms with Crippen LogP contribution in [-0.2, 0) is 16.1 Å². The van der Waals surface area contributed by atoms with Crippen molar-refractivity contribution in [2.75, 3.05) is 10.6 Å². The van der Waals surface area contributed by atoms with E-state index in [-0.39, 0.29) is 23.5 Å². The number of carbonyl (C=O) groups is 3. The molecule has 1 heterocycles.